The number of hydrogen-bond donors (Lipinski definition) is 2. The maximum atomic E-state index is 10.6. The molecule has 1 saturated carbocycles. The highest BCUT2D eigenvalue weighted by Crippen LogP contribution is 2.32. The Labute approximate surface area is 116 Å². The number of aliphatic hydroxyl groups is 1. The minimum absolute atomic E-state index is 0.441. The molecule has 2 aliphatic carbocycles. The summed E-state index contributed by atoms with van der Waals surface area (Å²) in [5.41, 5.74) is 2.49. The van der Waals surface area contributed by atoms with E-state index >= 15 is 0 Å². The van der Waals surface area contributed by atoms with Crippen molar-refractivity contribution in [2.24, 2.45) is 0 Å². The standard InChI is InChI=1S/C17H25NO/c19-17(11-4-1-5-12-17)13-18-16-10-6-8-14-7-2-3-9-15(14)16/h2-3,7,9,16,18-19H,1,4-6,8,10-13H2/t16-/m1/s1. The van der Waals surface area contributed by atoms with Crippen LogP contribution < -0.4 is 5.32 Å². The van der Waals surface area contributed by atoms with Crippen molar-refractivity contribution < 1.29 is 5.11 Å². The zero-order valence-corrected chi connectivity index (χ0v) is 11.7. The Morgan fingerprint density at radius 1 is 1.11 bits per heavy atom. The van der Waals surface area contributed by atoms with E-state index in [0.29, 0.717) is 6.04 Å². The van der Waals surface area contributed by atoms with Crippen LogP contribution in [0, 0.1) is 0 Å². The largest absolute Gasteiger partial charge is 0.389 e. The Morgan fingerprint density at radius 3 is 2.74 bits per heavy atom. The van der Waals surface area contributed by atoms with E-state index in [1.165, 1.54) is 49.7 Å². The fourth-order valence-electron chi connectivity index (χ4n) is 3.67. The summed E-state index contributed by atoms with van der Waals surface area (Å²) < 4.78 is 0. The second kappa shape index (κ2) is 5.64. The molecule has 1 fully saturated rings. The summed E-state index contributed by atoms with van der Waals surface area (Å²) in [6.07, 6.45) is 9.25. The van der Waals surface area contributed by atoms with Crippen LogP contribution >= 0.6 is 0 Å². The molecule has 2 nitrogen and oxygen atoms in total. The first-order valence-electron chi connectivity index (χ1n) is 7.80. The molecule has 0 amide bonds. The Bertz CT molecular complexity index is 423. The summed E-state index contributed by atoms with van der Waals surface area (Å²) in [4.78, 5) is 0. The Morgan fingerprint density at radius 2 is 1.89 bits per heavy atom. The van der Waals surface area contributed by atoms with Crippen molar-refractivity contribution in [2.45, 2.75) is 63.0 Å². The van der Waals surface area contributed by atoms with Gasteiger partial charge in [0.1, 0.15) is 0 Å². The van der Waals surface area contributed by atoms with Crippen molar-refractivity contribution in [1.29, 1.82) is 0 Å². The summed E-state index contributed by atoms with van der Waals surface area (Å²) in [6.45, 7) is 0.756. The molecule has 0 aromatic heterocycles. The summed E-state index contributed by atoms with van der Waals surface area (Å²) in [6, 6.07) is 9.20. The van der Waals surface area contributed by atoms with E-state index in [0.717, 1.165) is 19.4 Å². The average Bonchev–Trinajstić information content (AvgIpc) is 2.46. The highest BCUT2D eigenvalue weighted by atomic mass is 16.3. The van der Waals surface area contributed by atoms with Gasteiger partial charge in [0.2, 0.25) is 0 Å². The van der Waals surface area contributed by atoms with Gasteiger partial charge in [-0.2, -0.15) is 0 Å². The molecule has 1 aromatic carbocycles. The van der Waals surface area contributed by atoms with Crippen LogP contribution in [0.2, 0.25) is 0 Å². The maximum absolute atomic E-state index is 10.6. The van der Waals surface area contributed by atoms with Crippen LogP contribution in [0.1, 0.15) is 62.1 Å². The van der Waals surface area contributed by atoms with Gasteiger partial charge in [0.25, 0.3) is 0 Å². The van der Waals surface area contributed by atoms with Gasteiger partial charge in [-0.05, 0) is 43.2 Å². The third kappa shape index (κ3) is 3.01. The minimum Gasteiger partial charge on any atom is -0.389 e. The van der Waals surface area contributed by atoms with Gasteiger partial charge >= 0.3 is 0 Å². The lowest BCUT2D eigenvalue weighted by atomic mass is 9.83. The lowest BCUT2D eigenvalue weighted by Gasteiger charge is -2.35. The summed E-state index contributed by atoms with van der Waals surface area (Å²) >= 11 is 0. The van der Waals surface area contributed by atoms with Crippen LogP contribution in [0.25, 0.3) is 0 Å². The molecule has 1 aromatic rings. The molecule has 0 bridgehead atoms. The van der Waals surface area contributed by atoms with E-state index < -0.39 is 5.60 Å². The second-order valence-electron chi connectivity index (χ2n) is 6.31. The first-order valence-corrected chi connectivity index (χ1v) is 7.80. The first kappa shape index (κ1) is 13.1. The molecule has 0 aliphatic heterocycles. The quantitative estimate of drug-likeness (QED) is 0.872. The van der Waals surface area contributed by atoms with Gasteiger partial charge in [0, 0.05) is 12.6 Å². The molecule has 0 unspecified atom stereocenters. The monoisotopic (exact) mass is 259 g/mol. The van der Waals surface area contributed by atoms with Gasteiger partial charge in [-0.1, -0.05) is 43.5 Å². The van der Waals surface area contributed by atoms with Gasteiger partial charge in [0.15, 0.2) is 0 Å². The number of rotatable bonds is 3. The second-order valence-corrected chi connectivity index (χ2v) is 6.31. The molecule has 1 atom stereocenters. The average molecular weight is 259 g/mol. The van der Waals surface area contributed by atoms with Crippen molar-refractivity contribution in [3.05, 3.63) is 35.4 Å². The maximum Gasteiger partial charge on any atom is 0.0771 e. The molecule has 0 radical (unpaired) electrons. The van der Waals surface area contributed by atoms with Crippen LogP contribution in [0.4, 0.5) is 0 Å². The molecular weight excluding hydrogens is 234 g/mol. The Hall–Kier alpha value is -0.860. The van der Waals surface area contributed by atoms with E-state index in [1.807, 2.05) is 0 Å². The lowest BCUT2D eigenvalue weighted by Crippen LogP contribution is -2.43. The van der Waals surface area contributed by atoms with Crippen LogP contribution in [0.5, 0.6) is 0 Å². The van der Waals surface area contributed by atoms with Gasteiger partial charge in [-0.25, -0.2) is 0 Å². The molecule has 19 heavy (non-hydrogen) atoms. The van der Waals surface area contributed by atoms with Crippen molar-refractivity contribution in [3.63, 3.8) is 0 Å². The summed E-state index contributed by atoms with van der Waals surface area (Å²) in [5.74, 6) is 0. The fourth-order valence-corrected chi connectivity index (χ4v) is 3.67. The zero-order valence-electron chi connectivity index (χ0n) is 11.7. The third-order valence-corrected chi connectivity index (χ3v) is 4.83. The SMILES string of the molecule is OC1(CN[C@@H]2CCCc3ccccc32)CCCCC1. The molecule has 104 valence electrons. The summed E-state index contributed by atoms with van der Waals surface area (Å²) in [7, 11) is 0. The number of fused-ring (bicyclic) bond motifs is 1. The molecule has 0 heterocycles. The topological polar surface area (TPSA) is 32.3 Å². The number of nitrogens with one attached hydrogen (secondary N) is 1. The van der Waals surface area contributed by atoms with Crippen LogP contribution in [0.3, 0.4) is 0 Å². The van der Waals surface area contributed by atoms with Crippen LogP contribution in [-0.2, 0) is 6.42 Å². The predicted molar refractivity (Wildman–Crippen MR) is 78.2 cm³/mol. The molecular formula is C17H25NO. The number of benzene rings is 1. The normalized spacial score (nSPS) is 25.8. The molecule has 3 rings (SSSR count). The fraction of sp³-hybridized carbons (Fsp3) is 0.647. The molecule has 2 heteroatoms. The molecule has 2 N–H and O–H groups in total. The number of aryl methyl sites for hydroxylation is 1. The molecule has 0 spiro atoms. The number of hydrogen-bond acceptors (Lipinski definition) is 2. The van der Waals surface area contributed by atoms with Gasteiger partial charge < -0.3 is 10.4 Å². The van der Waals surface area contributed by atoms with Gasteiger partial charge in [0.05, 0.1) is 5.60 Å². The van der Waals surface area contributed by atoms with Crippen molar-refractivity contribution >= 4 is 0 Å². The van der Waals surface area contributed by atoms with Crippen molar-refractivity contribution in [1.82, 2.24) is 5.32 Å². The summed E-state index contributed by atoms with van der Waals surface area (Å²) in [5, 5.41) is 14.2. The van der Waals surface area contributed by atoms with E-state index in [2.05, 4.69) is 29.6 Å². The van der Waals surface area contributed by atoms with Crippen molar-refractivity contribution in [2.75, 3.05) is 6.54 Å². The lowest BCUT2D eigenvalue weighted by molar-refractivity contribution is 0.00215. The van der Waals surface area contributed by atoms with E-state index in [-0.39, 0.29) is 0 Å². The Kier molecular flexibility index (Phi) is 3.90. The smallest absolute Gasteiger partial charge is 0.0771 e. The van der Waals surface area contributed by atoms with E-state index in [4.69, 9.17) is 0 Å². The highest BCUT2D eigenvalue weighted by Gasteiger charge is 2.30. The van der Waals surface area contributed by atoms with E-state index in [1.54, 1.807) is 0 Å². The zero-order chi connectivity index (χ0) is 13.1. The van der Waals surface area contributed by atoms with Crippen LogP contribution in [0.15, 0.2) is 24.3 Å². The molecule has 0 saturated heterocycles. The Balaban J connectivity index is 1.64. The predicted octanol–water partition coefficient (Wildman–Crippen LogP) is 3.35. The molecule has 2 aliphatic rings. The van der Waals surface area contributed by atoms with Gasteiger partial charge in [-0.15, -0.1) is 0 Å². The van der Waals surface area contributed by atoms with Crippen LogP contribution in [-0.4, -0.2) is 17.3 Å². The van der Waals surface area contributed by atoms with E-state index in [9.17, 15) is 5.11 Å². The van der Waals surface area contributed by atoms with Gasteiger partial charge in [-0.3, -0.25) is 0 Å². The van der Waals surface area contributed by atoms with Crippen molar-refractivity contribution in [3.8, 4) is 0 Å². The highest BCUT2D eigenvalue weighted by molar-refractivity contribution is 5.32. The first-order chi connectivity index (χ1) is 9.27. The minimum atomic E-state index is -0.454. The third-order valence-electron chi connectivity index (χ3n) is 4.83.